The van der Waals surface area contributed by atoms with E-state index in [4.69, 9.17) is 16.3 Å². The molecule has 5 nitrogen and oxygen atoms in total. The fourth-order valence-electron chi connectivity index (χ4n) is 2.34. The van der Waals surface area contributed by atoms with Crippen molar-refractivity contribution in [3.8, 4) is 17.0 Å². The van der Waals surface area contributed by atoms with Gasteiger partial charge in [0.2, 0.25) is 0 Å². The van der Waals surface area contributed by atoms with Gasteiger partial charge in [0.05, 0.1) is 22.4 Å². The first-order chi connectivity index (χ1) is 12.2. The molecule has 0 aliphatic carbocycles. The Balaban J connectivity index is 2.34. The molecule has 136 valence electrons. The van der Waals surface area contributed by atoms with E-state index in [-0.39, 0.29) is 22.4 Å². The second-order valence-corrected chi connectivity index (χ2v) is 6.33. The largest absolute Gasteiger partial charge is 0.505 e. The van der Waals surface area contributed by atoms with Gasteiger partial charge in [-0.05, 0) is 30.6 Å². The van der Waals surface area contributed by atoms with Crippen LogP contribution in [0.25, 0.3) is 21.3 Å². The van der Waals surface area contributed by atoms with Crippen molar-refractivity contribution >= 4 is 39.2 Å². The Labute approximate surface area is 154 Å². The number of pyridine rings is 1. The van der Waals surface area contributed by atoms with Crippen molar-refractivity contribution in [2.45, 2.75) is 13.1 Å². The number of esters is 1. The van der Waals surface area contributed by atoms with E-state index in [1.807, 2.05) is 0 Å². The molecule has 2 heterocycles. The predicted octanol–water partition coefficient (Wildman–Crippen LogP) is 4.91. The van der Waals surface area contributed by atoms with Crippen molar-refractivity contribution in [3.63, 3.8) is 0 Å². The summed E-state index contributed by atoms with van der Waals surface area (Å²) < 4.78 is 48.6. The Kier molecular flexibility index (Phi) is 4.76. The molecule has 0 fully saturated rings. The van der Waals surface area contributed by atoms with Gasteiger partial charge < -0.3 is 9.84 Å². The first kappa shape index (κ1) is 18.4. The Morgan fingerprint density at radius 3 is 2.54 bits per heavy atom. The van der Waals surface area contributed by atoms with Crippen LogP contribution in [-0.2, 0) is 10.9 Å². The van der Waals surface area contributed by atoms with E-state index in [1.54, 1.807) is 12.1 Å². The number of ether oxygens (including phenoxy) is 1. The highest BCUT2D eigenvalue weighted by molar-refractivity contribution is 7.14. The molecule has 0 atom stereocenters. The third kappa shape index (κ3) is 3.19. The summed E-state index contributed by atoms with van der Waals surface area (Å²) in [6.07, 6.45) is -4.84. The monoisotopic (exact) mass is 402 g/mol. The molecule has 2 aromatic heterocycles. The minimum atomic E-state index is -4.84. The van der Waals surface area contributed by atoms with Crippen LogP contribution in [0.15, 0.2) is 24.3 Å². The summed E-state index contributed by atoms with van der Waals surface area (Å²) in [5.74, 6) is -1.85. The first-order valence-corrected chi connectivity index (χ1v) is 8.41. The summed E-state index contributed by atoms with van der Waals surface area (Å²) in [7, 11) is 0. The number of fused-ring (bicyclic) bond motifs is 1. The highest BCUT2D eigenvalue weighted by Gasteiger charge is 2.39. The van der Waals surface area contributed by atoms with Gasteiger partial charge in [0, 0.05) is 10.6 Å². The molecule has 0 saturated heterocycles. The van der Waals surface area contributed by atoms with Crippen molar-refractivity contribution < 1.29 is 27.8 Å². The molecule has 0 amide bonds. The van der Waals surface area contributed by atoms with Crippen LogP contribution in [0.1, 0.15) is 23.1 Å². The number of aromatic hydroxyl groups is 1. The average molecular weight is 403 g/mol. The zero-order valence-electron chi connectivity index (χ0n) is 13.1. The maximum Gasteiger partial charge on any atom is 0.434 e. The molecule has 0 bridgehead atoms. The molecule has 0 unspecified atom stereocenters. The topological polar surface area (TPSA) is 72.3 Å². The predicted molar refractivity (Wildman–Crippen MR) is 90.5 cm³/mol. The number of carbonyl (C=O) groups excluding carboxylic acids is 1. The summed E-state index contributed by atoms with van der Waals surface area (Å²) in [5, 5.41) is 10.7. The average Bonchev–Trinajstić information content (AvgIpc) is 3.00. The smallest absolute Gasteiger partial charge is 0.434 e. The number of alkyl halides is 3. The Morgan fingerprint density at radius 1 is 1.31 bits per heavy atom. The van der Waals surface area contributed by atoms with E-state index in [0.29, 0.717) is 22.1 Å². The molecule has 3 aromatic rings. The van der Waals surface area contributed by atoms with Gasteiger partial charge in [-0.15, -0.1) is 0 Å². The van der Waals surface area contributed by atoms with Gasteiger partial charge in [0.1, 0.15) is 0 Å². The fourth-order valence-corrected chi connectivity index (χ4v) is 3.38. The zero-order chi connectivity index (χ0) is 19.1. The number of aromatic nitrogens is 2. The minimum absolute atomic E-state index is 0.0781. The van der Waals surface area contributed by atoms with Crippen LogP contribution in [0.2, 0.25) is 5.02 Å². The minimum Gasteiger partial charge on any atom is -0.505 e. The summed E-state index contributed by atoms with van der Waals surface area (Å²) >= 11 is 6.36. The van der Waals surface area contributed by atoms with E-state index in [9.17, 15) is 23.1 Å². The molecule has 26 heavy (non-hydrogen) atoms. The van der Waals surface area contributed by atoms with Gasteiger partial charge in [0.15, 0.2) is 17.1 Å². The molecule has 0 spiro atoms. The van der Waals surface area contributed by atoms with Crippen molar-refractivity contribution in [3.05, 3.63) is 40.7 Å². The normalized spacial score (nSPS) is 11.7. The number of carbonyl (C=O) groups is 1. The molecular weight excluding hydrogens is 393 g/mol. The molecular formula is C16H10ClF3N2O3S. The van der Waals surface area contributed by atoms with Crippen LogP contribution in [0.5, 0.6) is 5.75 Å². The summed E-state index contributed by atoms with van der Waals surface area (Å²) in [5.41, 5.74) is -1.57. The molecule has 0 saturated carbocycles. The second-order valence-electron chi connectivity index (χ2n) is 5.12. The van der Waals surface area contributed by atoms with E-state index < -0.39 is 29.3 Å². The third-order valence-electron chi connectivity index (χ3n) is 3.45. The molecule has 0 radical (unpaired) electrons. The Bertz CT molecular complexity index is 987. The first-order valence-electron chi connectivity index (χ1n) is 7.26. The number of halogens is 4. The van der Waals surface area contributed by atoms with Gasteiger partial charge in [-0.3, -0.25) is 0 Å². The number of rotatable bonds is 3. The lowest BCUT2D eigenvalue weighted by atomic mass is 10.1. The second kappa shape index (κ2) is 6.73. The van der Waals surface area contributed by atoms with Gasteiger partial charge in [-0.2, -0.15) is 17.5 Å². The molecule has 0 aliphatic rings. The van der Waals surface area contributed by atoms with Gasteiger partial charge in [-0.1, -0.05) is 23.7 Å². The molecule has 0 aliphatic heterocycles. The number of nitrogens with zero attached hydrogens (tertiary/aromatic N) is 2. The SMILES string of the molecule is CCOC(=O)c1nc(C(F)(F)F)c2snc(-c3ccc(Cl)cc3)c2c1O. The maximum absolute atomic E-state index is 13.4. The van der Waals surface area contributed by atoms with Crippen LogP contribution < -0.4 is 0 Å². The maximum atomic E-state index is 13.4. The lowest BCUT2D eigenvalue weighted by molar-refractivity contribution is -0.139. The van der Waals surface area contributed by atoms with E-state index in [1.165, 1.54) is 19.1 Å². The zero-order valence-corrected chi connectivity index (χ0v) is 14.7. The highest BCUT2D eigenvalue weighted by atomic mass is 35.5. The number of hydrogen-bond donors (Lipinski definition) is 1. The number of hydrogen-bond acceptors (Lipinski definition) is 6. The van der Waals surface area contributed by atoms with Crippen LogP contribution in [0.4, 0.5) is 13.2 Å². The van der Waals surface area contributed by atoms with Crippen molar-refractivity contribution in [2.75, 3.05) is 6.61 Å². The van der Waals surface area contributed by atoms with Gasteiger partial charge >= 0.3 is 12.1 Å². The summed E-state index contributed by atoms with van der Waals surface area (Å²) in [6, 6.07) is 6.18. The fraction of sp³-hybridized carbons (Fsp3) is 0.188. The summed E-state index contributed by atoms with van der Waals surface area (Å²) in [6.45, 7) is 1.41. The van der Waals surface area contributed by atoms with Crippen LogP contribution in [0, 0.1) is 0 Å². The lowest BCUT2D eigenvalue weighted by Gasteiger charge is -2.11. The molecule has 1 aromatic carbocycles. The van der Waals surface area contributed by atoms with E-state index >= 15 is 0 Å². The van der Waals surface area contributed by atoms with E-state index in [2.05, 4.69) is 9.36 Å². The van der Waals surface area contributed by atoms with Gasteiger partial charge in [0.25, 0.3) is 0 Å². The van der Waals surface area contributed by atoms with Crippen LogP contribution in [0.3, 0.4) is 0 Å². The Hall–Kier alpha value is -2.39. The number of benzene rings is 1. The van der Waals surface area contributed by atoms with Crippen LogP contribution >= 0.6 is 23.1 Å². The quantitative estimate of drug-likeness (QED) is 0.630. The standard InChI is InChI=1S/C16H10ClF3N2O3S/c1-2-25-15(24)11-12(23)9-10(7-3-5-8(17)6-4-7)22-26-13(9)14(21-11)16(18,19)20/h3-6,23H,2H2,1H3. The van der Waals surface area contributed by atoms with Crippen molar-refractivity contribution in [1.82, 2.24) is 9.36 Å². The molecule has 10 heteroatoms. The van der Waals surface area contributed by atoms with Crippen molar-refractivity contribution in [1.29, 1.82) is 0 Å². The third-order valence-corrected chi connectivity index (χ3v) is 4.55. The highest BCUT2D eigenvalue weighted by Crippen LogP contribution is 2.44. The van der Waals surface area contributed by atoms with Crippen molar-refractivity contribution in [2.24, 2.45) is 0 Å². The lowest BCUT2D eigenvalue weighted by Crippen LogP contribution is -2.14. The Morgan fingerprint density at radius 2 is 1.96 bits per heavy atom. The molecule has 1 N–H and O–H groups in total. The molecule has 3 rings (SSSR count). The van der Waals surface area contributed by atoms with E-state index in [0.717, 1.165) is 0 Å². The summed E-state index contributed by atoms with van der Waals surface area (Å²) in [4.78, 5) is 15.3. The van der Waals surface area contributed by atoms with Gasteiger partial charge in [-0.25, -0.2) is 9.78 Å². The van der Waals surface area contributed by atoms with Crippen LogP contribution in [-0.4, -0.2) is 27.0 Å².